The van der Waals surface area contributed by atoms with Crippen LogP contribution in [0.5, 0.6) is 0 Å². The fourth-order valence-electron chi connectivity index (χ4n) is 1.07. The van der Waals surface area contributed by atoms with Crippen LogP contribution < -0.4 is 11.6 Å². The highest BCUT2D eigenvalue weighted by molar-refractivity contribution is 5.77. The first-order valence-corrected chi connectivity index (χ1v) is 3.91. The van der Waals surface area contributed by atoms with E-state index in [-0.39, 0.29) is 5.92 Å². The molecule has 4 nitrogen and oxygen atoms in total. The van der Waals surface area contributed by atoms with Gasteiger partial charge in [-0.1, -0.05) is 12.1 Å². The molecule has 4 heteroatoms. The smallest absolute Gasteiger partial charge is 0.331 e. The van der Waals surface area contributed by atoms with Crippen molar-refractivity contribution in [3.8, 4) is 0 Å². The van der Waals surface area contributed by atoms with Crippen LogP contribution in [-0.4, -0.2) is 5.97 Å². The van der Waals surface area contributed by atoms with E-state index < -0.39 is 5.97 Å². The lowest BCUT2D eigenvalue weighted by molar-refractivity contribution is -0.145. The summed E-state index contributed by atoms with van der Waals surface area (Å²) in [5.41, 5.74) is 6.98. The maximum absolute atomic E-state index is 11.0. The van der Waals surface area contributed by atoms with Crippen molar-refractivity contribution in [1.82, 2.24) is 0 Å². The van der Waals surface area contributed by atoms with Gasteiger partial charge in [-0.2, -0.15) is 5.90 Å². The predicted octanol–water partition coefficient (Wildman–Crippen LogP) is 0.789. The highest BCUT2D eigenvalue weighted by atomic mass is 16.7. The number of carbonyl (C=O) groups excluding carboxylic acids is 1. The molecule has 1 aromatic rings. The summed E-state index contributed by atoms with van der Waals surface area (Å²) in [6, 6.07) is 7.06. The third-order valence-electron chi connectivity index (χ3n) is 1.88. The van der Waals surface area contributed by atoms with Gasteiger partial charge in [0.1, 0.15) is 0 Å². The number of carbonyl (C=O) groups is 1. The second kappa shape index (κ2) is 3.91. The highest BCUT2D eigenvalue weighted by Gasteiger charge is 2.15. The van der Waals surface area contributed by atoms with Crippen LogP contribution in [0.2, 0.25) is 0 Å². The minimum Gasteiger partial charge on any atom is -0.399 e. The minimum absolute atomic E-state index is 0.381. The third-order valence-corrected chi connectivity index (χ3v) is 1.88. The Labute approximate surface area is 76.4 Å². The second-order valence-corrected chi connectivity index (χ2v) is 2.83. The topological polar surface area (TPSA) is 78.3 Å². The van der Waals surface area contributed by atoms with Crippen molar-refractivity contribution in [2.24, 2.45) is 5.90 Å². The number of hydrogen-bond donors (Lipinski definition) is 2. The van der Waals surface area contributed by atoms with Crippen molar-refractivity contribution in [1.29, 1.82) is 0 Å². The molecule has 1 unspecified atom stereocenters. The van der Waals surface area contributed by atoms with Crippen LogP contribution in [0.4, 0.5) is 5.69 Å². The van der Waals surface area contributed by atoms with Gasteiger partial charge in [0.25, 0.3) is 0 Å². The van der Waals surface area contributed by atoms with E-state index in [0.29, 0.717) is 5.69 Å². The molecule has 13 heavy (non-hydrogen) atoms. The molecule has 70 valence electrons. The first kappa shape index (κ1) is 9.54. The Balaban J connectivity index is 2.88. The fourth-order valence-corrected chi connectivity index (χ4v) is 1.07. The zero-order valence-electron chi connectivity index (χ0n) is 7.36. The molecule has 0 aliphatic carbocycles. The van der Waals surface area contributed by atoms with E-state index in [2.05, 4.69) is 4.84 Å². The van der Waals surface area contributed by atoms with Crippen molar-refractivity contribution in [3.63, 3.8) is 0 Å². The summed E-state index contributed by atoms with van der Waals surface area (Å²) in [7, 11) is 0. The number of nitrogen functional groups attached to an aromatic ring is 1. The van der Waals surface area contributed by atoms with Crippen molar-refractivity contribution < 1.29 is 9.63 Å². The van der Waals surface area contributed by atoms with Crippen LogP contribution >= 0.6 is 0 Å². The lowest BCUT2D eigenvalue weighted by Gasteiger charge is -2.08. The van der Waals surface area contributed by atoms with Crippen LogP contribution in [0.15, 0.2) is 24.3 Å². The number of hydrogen-bond acceptors (Lipinski definition) is 4. The van der Waals surface area contributed by atoms with Gasteiger partial charge in [0.2, 0.25) is 0 Å². The van der Waals surface area contributed by atoms with E-state index in [0.717, 1.165) is 5.56 Å². The molecular formula is C9H12N2O2. The fraction of sp³-hybridized carbons (Fsp3) is 0.222. The summed E-state index contributed by atoms with van der Waals surface area (Å²) in [5, 5.41) is 0. The molecule has 0 heterocycles. The molecule has 0 aliphatic rings. The van der Waals surface area contributed by atoms with Gasteiger partial charge < -0.3 is 10.6 Å². The molecule has 0 fully saturated rings. The van der Waals surface area contributed by atoms with Gasteiger partial charge in [-0.25, -0.2) is 4.79 Å². The molecule has 0 amide bonds. The van der Waals surface area contributed by atoms with E-state index >= 15 is 0 Å². The zero-order chi connectivity index (χ0) is 9.84. The largest absolute Gasteiger partial charge is 0.399 e. The zero-order valence-corrected chi connectivity index (χ0v) is 7.36. The molecule has 0 saturated heterocycles. The molecule has 1 rings (SSSR count). The van der Waals surface area contributed by atoms with Gasteiger partial charge in [0.15, 0.2) is 0 Å². The summed E-state index contributed by atoms with van der Waals surface area (Å²) in [6.45, 7) is 1.71. The summed E-state index contributed by atoms with van der Waals surface area (Å²) >= 11 is 0. The van der Waals surface area contributed by atoms with Crippen molar-refractivity contribution in [2.45, 2.75) is 12.8 Å². The monoisotopic (exact) mass is 180 g/mol. The Bertz CT molecular complexity index is 312. The highest BCUT2D eigenvalue weighted by Crippen LogP contribution is 2.18. The van der Waals surface area contributed by atoms with Crippen LogP contribution in [0.25, 0.3) is 0 Å². The molecule has 0 radical (unpaired) electrons. The van der Waals surface area contributed by atoms with Crippen LogP contribution in [0, 0.1) is 0 Å². The van der Waals surface area contributed by atoms with E-state index in [1.807, 2.05) is 0 Å². The summed E-state index contributed by atoms with van der Waals surface area (Å²) < 4.78 is 0. The maximum atomic E-state index is 11.0. The quantitative estimate of drug-likeness (QED) is 0.521. The first-order valence-electron chi connectivity index (χ1n) is 3.91. The Morgan fingerprint density at radius 3 is 2.77 bits per heavy atom. The number of nitrogens with two attached hydrogens (primary N) is 2. The van der Waals surface area contributed by atoms with E-state index in [9.17, 15) is 4.79 Å². The lowest BCUT2D eigenvalue weighted by Crippen LogP contribution is -2.16. The minimum atomic E-state index is -0.467. The van der Waals surface area contributed by atoms with Crippen molar-refractivity contribution in [2.75, 3.05) is 5.73 Å². The molecule has 0 saturated carbocycles. The number of rotatable bonds is 2. The molecule has 4 N–H and O–H groups in total. The molecule has 1 aromatic carbocycles. The van der Waals surface area contributed by atoms with E-state index in [1.165, 1.54) is 0 Å². The number of benzene rings is 1. The van der Waals surface area contributed by atoms with E-state index in [4.69, 9.17) is 11.6 Å². The summed E-state index contributed by atoms with van der Waals surface area (Å²) in [6.07, 6.45) is 0. The second-order valence-electron chi connectivity index (χ2n) is 2.83. The van der Waals surface area contributed by atoms with Gasteiger partial charge >= 0.3 is 5.97 Å². The van der Waals surface area contributed by atoms with E-state index in [1.54, 1.807) is 31.2 Å². The Morgan fingerprint density at radius 2 is 2.23 bits per heavy atom. The summed E-state index contributed by atoms with van der Waals surface area (Å²) in [5.74, 6) is 3.92. The Hall–Kier alpha value is -1.55. The standard InChI is InChI=1S/C9H12N2O2/c1-6(9(12)13-11)7-3-2-4-8(10)5-7/h2-6H,10-11H2,1H3. The molecule has 0 aromatic heterocycles. The van der Waals surface area contributed by atoms with Gasteiger partial charge in [0, 0.05) is 5.69 Å². The molecule has 0 spiro atoms. The molecule has 0 bridgehead atoms. The Morgan fingerprint density at radius 1 is 1.54 bits per heavy atom. The lowest BCUT2D eigenvalue weighted by atomic mass is 10.0. The van der Waals surface area contributed by atoms with Gasteiger partial charge in [-0.15, -0.1) is 0 Å². The predicted molar refractivity (Wildman–Crippen MR) is 49.5 cm³/mol. The molecule has 1 atom stereocenters. The van der Waals surface area contributed by atoms with Crippen molar-refractivity contribution in [3.05, 3.63) is 29.8 Å². The van der Waals surface area contributed by atoms with Crippen LogP contribution in [0.1, 0.15) is 18.4 Å². The average molecular weight is 180 g/mol. The number of anilines is 1. The van der Waals surface area contributed by atoms with Crippen LogP contribution in [0.3, 0.4) is 0 Å². The normalized spacial score (nSPS) is 12.2. The third kappa shape index (κ3) is 2.19. The van der Waals surface area contributed by atoms with Crippen molar-refractivity contribution >= 4 is 11.7 Å². The first-order chi connectivity index (χ1) is 6.15. The van der Waals surface area contributed by atoms with Gasteiger partial charge in [0.05, 0.1) is 5.92 Å². The molecule has 0 aliphatic heterocycles. The average Bonchev–Trinajstić information content (AvgIpc) is 2.15. The maximum Gasteiger partial charge on any atom is 0.331 e. The van der Waals surface area contributed by atoms with Crippen LogP contribution in [-0.2, 0) is 9.63 Å². The van der Waals surface area contributed by atoms with Gasteiger partial charge in [-0.05, 0) is 24.6 Å². The summed E-state index contributed by atoms with van der Waals surface area (Å²) in [4.78, 5) is 15.2. The van der Waals surface area contributed by atoms with Gasteiger partial charge in [-0.3, -0.25) is 0 Å². The Kier molecular flexibility index (Phi) is 2.87. The SMILES string of the molecule is CC(C(=O)ON)c1cccc(N)c1. The molecular weight excluding hydrogens is 168 g/mol.